The van der Waals surface area contributed by atoms with E-state index in [1.54, 1.807) is 7.11 Å². The van der Waals surface area contributed by atoms with Gasteiger partial charge in [0.15, 0.2) is 0 Å². The van der Waals surface area contributed by atoms with E-state index in [2.05, 4.69) is 45.1 Å². The maximum absolute atomic E-state index is 5.38. The molecule has 2 heteroatoms. The smallest absolute Gasteiger partial charge is 0.122 e. The van der Waals surface area contributed by atoms with Crippen molar-refractivity contribution in [3.63, 3.8) is 0 Å². The molecule has 2 atom stereocenters. The van der Waals surface area contributed by atoms with E-state index in [4.69, 9.17) is 4.74 Å². The lowest BCUT2D eigenvalue weighted by Crippen LogP contribution is -2.20. The highest BCUT2D eigenvalue weighted by atomic mass is 16.5. The number of aryl methyl sites for hydroxylation is 2. The Labute approximate surface area is 112 Å². The molecule has 0 spiro atoms. The van der Waals surface area contributed by atoms with Crippen LogP contribution in [-0.2, 0) is 0 Å². The van der Waals surface area contributed by atoms with Gasteiger partial charge in [0.05, 0.1) is 7.11 Å². The normalized spacial score (nSPS) is 14.3. The molecular formula is C16H27NO. The fourth-order valence-corrected chi connectivity index (χ4v) is 2.38. The van der Waals surface area contributed by atoms with Crippen LogP contribution in [0.5, 0.6) is 5.75 Å². The van der Waals surface area contributed by atoms with Crippen molar-refractivity contribution in [1.82, 2.24) is 5.32 Å². The average molecular weight is 249 g/mol. The van der Waals surface area contributed by atoms with Gasteiger partial charge in [-0.1, -0.05) is 26.3 Å². The third kappa shape index (κ3) is 3.49. The molecular weight excluding hydrogens is 222 g/mol. The van der Waals surface area contributed by atoms with Crippen molar-refractivity contribution in [3.05, 3.63) is 28.8 Å². The van der Waals surface area contributed by atoms with Gasteiger partial charge in [-0.15, -0.1) is 0 Å². The lowest BCUT2D eigenvalue weighted by atomic mass is 9.91. The highest BCUT2D eigenvalue weighted by Crippen LogP contribution is 2.30. The summed E-state index contributed by atoms with van der Waals surface area (Å²) in [7, 11) is 3.78. The van der Waals surface area contributed by atoms with Gasteiger partial charge in [-0.3, -0.25) is 0 Å². The predicted octanol–water partition coefficient (Wildman–Crippen LogP) is 4.01. The van der Waals surface area contributed by atoms with Gasteiger partial charge in [0.1, 0.15) is 5.75 Å². The van der Waals surface area contributed by atoms with Crippen LogP contribution in [0.3, 0.4) is 0 Å². The maximum Gasteiger partial charge on any atom is 0.122 e. The Balaban J connectivity index is 3.02. The van der Waals surface area contributed by atoms with E-state index in [1.165, 1.54) is 29.5 Å². The van der Waals surface area contributed by atoms with Crippen LogP contribution in [0.2, 0.25) is 0 Å². The summed E-state index contributed by atoms with van der Waals surface area (Å²) in [6.45, 7) is 8.84. The van der Waals surface area contributed by atoms with Crippen LogP contribution in [0.15, 0.2) is 12.1 Å². The molecule has 1 N–H and O–H groups in total. The number of methoxy groups -OCH3 is 1. The third-order valence-electron chi connectivity index (χ3n) is 3.84. The molecule has 0 amide bonds. The van der Waals surface area contributed by atoms with Crippen molar-refractivity contribution in [3.8, 4) is 5.75 Å². The quantitative estimate of drug-likeness (QED) is 0.822. The van der Waals surface area contributed by atoms with E-state index in [0.29, 0.717) is 6.04 Å². The topological polar surface area (TPSA) is 21.3 Å². The van der Waals surface area contributed by atoms with E-state index in [-0.39, 0.29) is 0 Å². The van der Waals surface area contributed by atoms with Gasteiger partial charge in [0.25, 0.3) is 0 Å². The summed E-state index contributed by atoms with van der Waals surface area (Å²) in [5, 5.41) is 3.45. The summed E-state index contributed by atoms with van der Waals surface area (Å²) in [6.07, 6.45) is 2.41. The van der Waals surface area contributed by atoms with Crippen molar-refractivity contribution in [2.24, 2.45) is 5.92 Å². The first-order chi connectivity index (χ1) is 8.53. The highest BCUT2D eigenvalue weighted by molar-refractivity contribution is 5.42. The third-order valence-corrected chi connectivity index (χ3v) is 3.84. The zero-order valence-electron chi connectivity index (χ0n) is 12.6. The second kappa shape index (κ2) is 6.79. The summed E-state index contributed by atoms with van der Waals surface area (Å²) in [4.78, 5) is 0. The minimum absolute atomic E-state index is 0.435. The van der Waals surface area contributed by atoms with Gasteiger partial charge < -0.3 is 10.1 Å². The van der Waals surface area contributed by atoms with Crippen molar-refractivity contribution in [2.45, 2.75) is 46.6 Å². The van der Waals surface area contributed by atoms with Crippen LogP contribution >= 0.6 is 0 Å². The molecule has 0 fully saturated rings. The molecule has 0 aliphatic carbocycles. The van der Waals surface area contributed by atoms with Crippen LogP contribution in [-0.4, -0.2) is 14.2 Å². The van der Waals surface area contributed by atoms with Crippen LogP contribution in [0, 0.1) is 19.8 Å². The van der Waals surface area contributed by atoms with Crippen molar-refractivity contribution in [2.75, 3.05) is 14.2 Å². The average Bonchev–Trinajstić information content (AvgIpc) is 2.38. The van der Waals surface area contributed by atoms with Crippen molar-refractivity contribution in [1.29, 1.82) is 0 Å². The van der Waals surface area contributed by atoms with Gasteiger partial charge in [0.2, 0.25) is 0 Å². The number of nitrogens with one attached hydrogen (secondary N) is 1. The second-order valence-electron chi connectivity index (χ2n) is 5.27. The zero-order chi connectivity index (χ0) is 13.7. The molecule has 1 aromatic carbocycles. The lowest BCUT2D eigenvalue weighted by molar-refractivity contribution is 0.407. The van der Waals surface area contributed by atoms with Crippen LogP contribution < -0.4 is 10.1 Å². The van der Waals surface area contributed by atoms with Gasteiger partial charge in [-0.2, -0.15) is 0 Å². The first kappa shape index (κ1) is 15.0. The van der Waals surface area contributed by atoms with E-state index < -0.39 is 0 Å². The Morgan fingerprint density at radius 1 is 1.22 bits per heavy atom. The molecule has 0 saturated carbocycles. The summed E-state index contributed by atoms with van der Waals surface area (Å²) >= 11 is 0. The Hall–Kier alpha value is -1.02. The summed E-state index contributed by atoms with van der Waals surface area (Å²) in [6, 6.07) is 4.84. The van der Waals surface area contributed by atoms with E-state index in [9.17, 15) is 0 Å². The van der Waals surface area contributed by atoms with Gasteiger partial charge in [0, 0.05) is 6.04 Å². The van der Waals surface area contributed by atoms with E-state index >= 15 is 0 Å². The van der Waals surface area contributed by atoms with Crippen molar-refractivity contribution < 1.29 is 4.74 Å². The Bertz CT molecular complexity index is 387. The van der Waals surface area contributed by atoms with Crippen LogP contribution in [0.25, 0.3) is 0 Å². The first-order valence-electron chi connectivity index (χ1n) is 6.85. The fourth-order valence-electron chi connectivity index (χ4n) is 2.38. The molecule has 0 aliphatic rings. The SMILES string of the molecule is CCC(C)CC(NC)c1cc(C)c(OC)cc1C. The van der Waals surface area contributed by atoms with E-state index in [0.717, 1.165) is 11.7 Å². The molecule has 18 heavy (non-hydrogen) atoms. The maximum atomic E-state index is 5.38. The summed E-state index contributed by atoms with van der Waals surface area (Å²) in [5.41, 5.74) is 3.92. The minimum Gasteiger partial charge on any atom is -0.496 e. The summed E-state index contributed by atoms with van der Waals surface area (Å²) in [5.74, 6) is 1.72. The molecule has 0 aromatic heterocycles. The molecule has 0 heterocycles. The van der Waals surface area contributed by atoms with Crippen LogP contribution in [0.1, 0.15) is 49.4 Å². The number of hydrogen-bond acceptors (Lipinski definition) is 2. The molecule has 0 radical (unpaired) electrons. The van der Waals surface area contributed by atoms with Crippen LogP contribution in [0.4, 0.5) is 0 Å². The first-order valence-corrected chi connectivity index (χ1v) is 6.85. The standard InChI is InChI=1S/C16H27NO/c1-7-11(2)8-15(17-5)14-9-13(4)16(18-6)10-12(14)3/h9-11,15,17H,7-8H2,1-6H3. The molecule has 0 bridgehead atoms. The van der Waals surface area contributed by atoms with Crippen molar-refractivity contribution >= 4 is 0 Å². The molecule has 0 saturated heterocycles. The molecule has 102 valence electrons. The zero-order valence-corrected chi connectivity index (χ0v) is 12.6. The molecule has 2 nitrogen and oxygen atoms in total. The number of ether oxygens (including phenoxy) is 1. The molecule has 2 unspecified atom stereocenters. The Kier molecular flexibility index (Phi) is 5.67. The fraction of sp³-hybridized carbons (Fsp3) is 0.625. The summed E-state index contributed by atoms with van der Waals surface area (Å²) < 4.78 is 5.38. The van der Waals surface area contributed by atoms with Gasteiger partial charge in [-0.25, -0.2) is 0 Å². The largest absolute Gasteiger partial charge is 0.496 e. The predicted molar refractivity (Wildman–Crippen MR) is 78.3 cm³/mol. The van der Waals surface area contributed by atoms with Gasteiger partial charge >= 0.3 is 0 Å². The lowest BCUT2D eigenvalue weighted by Gasteiger charge is -2.23. The molecule has 0 aliphatic heterocycles. The second-order valence-corrected chi connectivity index (χ2v) is 5.27. The van der Waals surface area contributed by atoms with Gasteiger partial charge in [-0.05, 0) is 56.0 Å². The number of rotatable bonds is 6. The minimum atomic E-state index is 0.435. The molecule has 1 rings (SSSR count). The number of benzene rings is 1. The Morgan fingerprint density at radius 2 is 1.89 bits per heavy atom. The monoisotopic (exact) mass is 249 g/mol. The Morgan fingerprint density at radius 3 is 2.39 bits per heavy atom. The number of hydrogen-bond donors (Lipinski definition) is 1. The highest BCUT2D eigenvalue weighted by Gasteiger charge is 2.16. The van der Waals surface area contributed by atoms with E-state index in [1.807, 2.05) is 7.05 Å². The molecule has 1 aromatic rings.